The van der Waals surface area contributed by atoms with E-state index in [1.54, 1.807) is 5.57 Å². The van der Waals surface area contributed by atoms with Gasteiger partial charge in [0.05, 0.1) is 6.10 Å². The van der Waals surface area contributed by atoms with Gasteiger partial charge >= 0.3 is 0 Å². The fourth-order valence-electron chi connectivity index (χ4n) is 7.14. The Balaban J connectivity index is 1.68. The van der Waals surface area contributed by atoms with Crippen LogP contribution in [0.4, 0.5) is 0 Å². The van der Waals surface area contributed by atoms with Gasteiger partial charge in [-0.2, -0.15) is 0 Å². The second-order valence-electron chi connectivity index (χ2n) is 11.8. The van der Waals surface area contributed by atoms with Gasteiger partial charge in [-0.25, -0.2) is 0 Å². The number of hydrogen-bond acceptors (Lipinski definition) is 1. The largest absolute Gasteiger partial charge is 0.393 e. The molecule has 3 aliphatic carbocycles. The van der Waals surface area contributed by atoms with Crippen LogP contribution in [0, 0.1) is 40.9 Å². The van der Waals surface area contributed by atoms with Crippen LogP contribution >= 0.6 is 0 Å². The summed E-state index contributed by atoms with van der Waals surface area (Å²) in [7, 11) is 0. The minimum Gasteiger partial charge on any atom is -0.393 e. The SMILES string of the molecule is CC(C)CCC[C@@H](C)C1CCC2/C(=C/C=C3\CC(O)C(C)[C@H](C)C3)CCCC21C. The van der Waals surface area contributed by atoms with Gasteiger partial charge in [0, 0.05) is 0 Å². The first-order valence-corrected chi connectivity index (χ1v) is 12.8. The molecular formula is C28H48O. The van der Waals surface area contributed by atoms with Crippen molar-refractivity contribution in [3.63, 3.8) is 0 Å². The summed E-state index contributed by atoms with van der Waals surface area (Å²) in [5, 5.41) is 10.4. The summed E-state index contributed by atoms with van der Waals surface area (Å²) >= 11 is 0. The molecular weight excluding hydrogens is 352 g/mol. The number of aliphatic hydroxyl groups is 1. The van der Waals surface area contributed by atoms with E-state index in [0.29, 0.717) is 17.3 Å². The zero-order valence-corrected chi connectivity index (χ0v) is 20.2. The van der Waals surface area contributed by atoms with Gasteiger partial charge in [0.2, 0.25) is 0 Å². The molecule has 1 nitrogen and oxygen atoms in total. The predicted octanol–water partition coefficient (Wildman–Crippen LogP) is 7.94. The van der Waals surface area contributed by atoms with Gasteiger partial charge in [0.1, 0.15) is 0 Å². The standard InChI is InChI=1S/C28H48O/c1-19(2)9-7-10-20(3)25-14-15-26-24(11-8-16-28(25,26)6)13-12-23-17-21(4)22(5)27(29)18-23/h12-13,19-22,25-27,29H,7-11,14-18H2,1-6H3/b23-12-,24-13+/t20-,21-,22?,25?,26?,27?,28?/m1/s1. The molecule has 0 heterocycles. The van der Waals surface area contributed by atoms with Crippen LogP contribution in [0.3, 0.4) is 0 Å². The molecule has 0 radical (unpaired) electrons. The highest BCUT2D eigenvalue weighted by atomic mass is 16.3. The van der Waals surface area contributed by atoms with Crippen LogP contribution in [0.15, 0.2) is 23.3 Å². The van der Waals surface area contributed by atoms with E-state index in [1.807, 2.05) is 0 Å². The molecule has 7 atom stereocenters. The third-order valence-electron chi connectivity index (χ3n) is 9.26. The van der Waals surface area contributed by atoms with Crippen molar-refractivity contribution in [3.8, 4) is 0 Å². The first-order valence-electron chi connectivity index (χ1n) is 12.8. The maximum absolute atomic E-state index is 10.4. The minimum atomic E-state index is -0.150. The Morgan fingerprint density at radius 2 is 1.83 bits per heavy atom. The van der Waals surface area contributed by atoms with Gasteiger partial charge in [-0.3, -0.25) is 0 Å². The Kier molecular flexibility index (Phi) is 7.74. The third kappa shape index (κ3) is 5.20. The first kappa shape index (κ1) is 23.1. The fourth-order valence-corrected chi connectivity index (χ4v) is 7.14. The Bertz CT molecular complexity index is 585. The van der Waals surface area contributed by atoms with Gasteiger partial charge in [0.15, 0.2) is 0 Å². The Hall–Kier alpha value is -0.560. The van der Waals surface area contributed by atoms with Gasteiger partial charge in [-0.15, -0.1) is 0 Å². The van der Waals surface area contributed by atoms with Crippen molar-refractivity contribution >= 4 is 0 Å². The highest BCUT2D eigenvalue weighted by molar-refractivity contribution is 5.26. The van der Waals surface area contributed by atoms with Crippen molar-refractivity contribution in [2.24, 2.45) is 40.9 Å². The summed E-state index contributed by atoms with van der Waals surface area (Å²) in [6.07, 6.45) is 18.0. The van der Waals surface area contributed by atoms with Crippen molar-refractivity contribution in [2.75, 3.05) is 0 Å². The summed E-state index contributed by atoms with van der Waals surface area (Å²) in [5.74, 6) is 4.46. The fraction of sp³-hybridized carbons (Fsp3) is 0.857. The average Bonchev–Trinajstić information content (AvgIpc) is 3.01. The van der Waals surface area contributed by atoms with Crippen LogP contribution in [0.2, 0.25) is 0 Å². The summed E-state index contributed by atoms with van der Waals surface area (Å²) in [6, 6.07) is 0. The summed E-state index contributed by atoms with van der Waals surface area (Å²) in [4.78, 5) is 0. The molecule has 0 bridgehead atoms. The van der Waals surface area contributed by atoms with E-state index in [9.17, 15) is 5.11 Å². The quantitative estimate of drug-likeness (QED) is 0.479. The molecule has 0 saturated heterocycles. The molecule has 3 saturated carbocycles. The number of aliphatic hydroxyl groups excluding tert-OH is 1. The van der Waals surface area contributed by atoms with E-state index < -0.39 is 0 Å². The van der Waals surface area contributed by atoms with Crippen molar-refractivity contribution in [1.82, 2.24) is 0 Å². The third-order valence-corrected chi connectivity index (χ3v) is 9.26. The van der Waals surface area contributed by atoms with Crippen LogP contribution in [0.25, 0.3) is 0 Å². The molecule has 3 fully saturated rings. The lowest BCUT2D eigenvalue weighted by Crippen LogP contribution is -2.36. The molecule has 0 aliphatic heterocycles. The molecule has 0 aromatic rings. The van der Waals surface area contributed by atoms with Crippen molar-refractivity contribution in [3.05, 3.63) is 23.3 Å². The van der Waals surface area contributed by atoms with Crippen molar-refractivity contribution < 1.29 is 5.11 Å². The zero-order valence-electron chi connectivity index (χ0n) is 20.2. The van der Waals surface area contributed by atoms with E-state index in [0.717, 1.165) is 30.1 Å². The van der Waals surface area contributed by atoms with E-state index >= 15 is 0 Å². The van der Waals surface area contributed by atoms with Crippen LogP contribution in [-0.2, 0) is 0 Å². The molecule has 0 amide bonds. The van der Waals surface area contributed by atoms with Crippen LogP contribution in [0.1, 0.15) is 106 Å². The normalized spacial score (nSPS) is 41.9. The van der Waals surface area contributed by atoms with Crippen LogP contribution in [-0.4, -0.2) is 11.2 Å². The lowest BCUT2D eigenvalue weighted by Gasteiger charge is -2.44. The lowest BCUT2D eigenvalue weighted by molar-refractivity contribution is 0.0690. The first-order chi connectivity index (χ1) is 13.7. The molecule has 3 aliphatic rings. The molecule has 3 rings (SSSR count). The molecule has 0 spiro atoms. The highest BCUT2D eigenvalue weighted by Crippen LogP contribution is 2.60. The maximum Gasteiger partial charge on any atom is 0.0605 e. The number of hydrogen-bond donors (Lipinski definition) is 1. The Morgan fingerprint density at radius 1 is 1.07 bits per heavy atom. The van der Waals surface area contributed by atoms with Gasteiger partial charge in [-0.1, -0.05) is 84.1 Å². The van der Waals surface area contributed by atoms with Gasteiger partial charge in [0.25, 0.3) is 0 Å². The second-order valence-corrected chi connectivity index (χ2v) is 11.8. The minimum absolute atomic E-state index is 0.150. The molecule has 29 heavy (non-hydrogen) atoms. The number of allylic oxidation sites excluding steroid dienone is 3. The molecule has 166 valence electrons. The molecule has 0 aromatic heterocycles. The zero-order chi connectivity index (χ0) is 21.2. The highest BCUT2D eigenvalue weighted by Gasteiger charge is 2.50. The Morgan fingerprint density at radius 3 is 2.52 bits per heavy atom. The maximum atomic E-state index is 10.4. The monoisotopic (exact) mass is 400 g/mol. The molecule has 1 N–H and O–H groups in total. The summed E-state index contributed by atoms with van der Waals surface area (Å²) in [6.45, 7) is 14.4. The predicted molar refractivity (Wildman–Crippen MR) is 126 cm³/mol. The summed E-state index contributed by atoms with van der Waals surface area (Å²) in [5.41, 5.74) is 3.72. The van der Waals surface area contributed by atoms with E-state index in [-0.39, 0.29) is 6.10 Å². The molecule has 1 heteroatoms. The van der Waals surface area contributed by atoms with E-state index in [4.69, 9.17) is 0 Å². The van der Waals surface area contributed by atoms with Crippen molar-refractivity contribution in [1.29, 1.82) is 0 Å². The topological polar surface area (TPSA) is 20.2 Å². The number of rotatable bonds is 6. The smallest absolute Gasteiger partial charge is 0.0605 e. The van der Waals surface area contributed by atoms with Gasteiger partial charge < -0.3 is 5.11 Å². The second kappa shape index (κ2) is 9.71. The lowest BCUT2D eigenvalue weighted by atomic mass is 9.60. The molecule has 5 unspecified atom stereocenters. The van der Waals surface area contributed by atoms with E-state index in [1.165, 1.54) is 63.4 Å². The number of fused-ring (bicyclic) bond motifs is 1. The Labute approximate surface area is 181 Å². The molecule has 0 aromatic carbocycles. The van der Waals surface area contributed by atoms with Gasteiger partial charge in [-0.05, 0) is 85.9 Å². The van der Waals surface area contributed by atoms with Crippen LogP contribution in [0.5, 0.6) is 0 Å². The summed E-state index contributed by atoms with van der Waals surface area (Å²) < 4.78 is 0. The average molecular weight is 401 g/mol. The van der Waals surface area contributed by atoms with E-state index in [2.05, 4.69) is 53.7 Å². The van der Waals surface area contributed by atoms with Crippen LogP contribution < -0.4 is 0 Å². The van der Waals surface area contributed by atoms with Crippen molar-refractivity contribution in [2.45, 2.75) is 112 Å².